The van der Waals surface area contributed by atoms with Crippen LogP contribution in [0.2, 0.25) is 0 Å². The van der Waals surface area contributed by atoms with E-state index in [1.807, 2.05) is 37.3 Å². The summed E-state index contributed by atoms with van der Waals surface area (Å²) in [5.41, 5.74) is 2.12. The minimum atomic E-state index is -3.74. The van der Waals surface area contributed by atoms with Crippen LogP contribution in [-0.4, -0.2) is 14.3 Å². The van der Waals surface area contributed by atoms with Crippen molar-refractivity contribution in [2.24, 2.45) is 5.14 Å². The van der Waals surface area contributed by atoms with Crippen LogP contribution in [-0.2, 0) is 14.8 Å². The normalized spacial score (nSPS) is 12.7. The zero-order valence-corrected chi connectivity index (χ0v) is 13.2. The molecule has 2 rings (SSSR count). The first-order chi connectivity index (χ1) is 10.3. The highest BCUT2D eigenvalue weighted by Crippen LogP contribution is 2.22. The van der Waals surface area contributed by atoms with Crippen LogP contribution in [0.15, 0.2) is 53.4 Å². The van der Waals surface area contributed by atoms with Gasteiger partial charge in [-0.1, -0.05) is 30.3 Å². The molecule has 1 atom stereocenters. The number of rotatable bonds is 4. The molecule has 0 aromatic heterocycles. The highest BCUT2D eigenvalue weighted by molar-refractivity contribution is 7.89. The fourth-order valence-electron chi connectivity index (χ4n) is 2.09. The molecule has 0 aliphatic rings. The van der Waals surface area contributed by atoms with Crippen molar-refractivity contribution < 1.29 is 13.2 Å². The van der Waals surface area contributed by atoms with Crippen molar-refractivity contribution >= 4 is 21.6 Å². The Bertz CT molecular complexity index is 786. The van der Waals surface area contributed by atoms with Crippen LogP contribution in [0, 0.1) is 6.92 Å². The predicted molar refractivity (Wildman–Crippen MR) is 86.0 cm³/mol. The molecular weight excluding hydrogens is 300 g/mol. The van der Waals surface area contributed by atoms with E-state index < -0.39 is 10.0 Å². The van der Waals surface area contributed by atoms with Gasteiger partial charge in [-0.25, -0.2) is 13.6 Å². The third-order valence-corrected chi connectivity index (χ3v) is 4.39. The van der Waals surface area contributed by atoms with Crippen LogP contribution >= 0.6 is 0 Å². The van der Waals surface area contributed by atoms with E-state index in [9.17, 15) is 13.2 Å². The average Bonchev–Trinajstić information content (AvgIpc) is 2.48. The molecule has 0 aliphatic carbocycles. The minimum Gasteiger partial charge on any atom is -0.325 e. The number of aryl methyl sites for hydroxylation is 1. The van der Waals surface area contributed by atoms with Gasteiger partial charge in [0.15, 0.2) is 0 Å². The first kappa shape index (κ1) is 16.2. The van der Waals surface area contributed by atoms with E-state index in [0.717, 1.165) is 5.56 Å². The van der Waals surface area contributed by atoms with E-state index >= 15 is 0 Å². The van der Waals surface area contributed by atoms with Crippen LogP contribution in [0.4, 0.5) is 5.69 Å². The van der Waals surface area contributed by atoms with Crippen molar-refractivity contribution in [1.82, 2.24) is 0 Å². The van der Waals surface area contributed by atoms with Crippen molar-refractivity contribution in [3.8, 4) is 0 Å². The maximum atomic E-state index is 12.3. The smallest absolute Gasteiger partial charge is 0.238 e. The number of benzene rings is 2. The number of sulfonamides is 1. The van der Waals surface area contributed by atoms with Gasteiger partial charge in [0.25, 0.3) is 0 Å². The monoisotopic (exact) mass is 318 g/mol. The quantitative estimate of drug-likeness (QED) is 0.907. The summed E-state index contributed by atoms with van der Waals surface area (Å²) in [6.07, 6.45) is 0. The lowest BCUT2D eigenvalue weighted by Gasteiger charge is -2.14. The largest absolute Gasteiger partial charge is 0.325 e. The Balaban J connectivity index is 2.19. The lowest BCUT2D eigenvalue weighted by Crippen LogP contribution is -2.19. The summed E-state index contributed by atoms with van der Waals surface area (Å²) >= 11 is 0. The number of nitrogens with one attached hydrogen (secondary N) is 1. The predicted octanol–water partition coefficient (Wildman–Crippen LogP) is 2.38. The van der Waals surface area contributed by atoms with E-state index in [2.05, 4.69) is 5.32 Å². The number of anilines is 1. The van der Waals surface area contributed by atoms with Crippen molar-refractivity contribution in [3.05, 3.63) is 59.7 Å². The molecule has 2 aromatic carbocycles. The molecule has 5 nitrogen and oxygen atoms in total. The second-order valence-corrected chi connectivity index (χ2v) is 6.70. The molecule has 116 valence electrons. The number of primary sulfonamides is 1. The molecule has 0 saturated carbocycles. The van der Waals surface area contributed by atoms with Gasteiger partial charge in [-0.15, -0.1) is 0 Å². The number of carbonyl (C=O) groups excluding carboxylic acids is 1. The molecule has 0 fully saturated rings. The zero-order valence-electron chi connectivity index (χ0n) is 12.4. The van der Waals surface area contributed by atoms with Gasteiger partial charge in [-0.2, -0.15) is 0 Å². The Morgan fingerprint density at radius 2 is 1.77 bits per heavy atom. The van der Waals surface area contributed by atoms with Crippen molar-refractivity contribution in [3.63, 3.8) is 0 Å². The van der Waals surface area contributed by atoms with Gasteiger partial charge in [-0.05, 0) is 43.2 Å². The molecule has 1 unspecified atom stereocenters. The molecule has 0 radical (unpaired) electrons. The molecule has 0 heterocycles. The third kappa shape index (κ3) is 3.72. The fourth-order valence-corrected chi connectivity index (χ4v) is 2.69. The van der Waals surface area contributed by atoms with Gasteiger partial charge < -0.3 is 5.32 Å². The van der Waals surface area contributed by atoms with Gasteiger partial charge in [0.2, 0.25) is 15.9 Å². The molecule has 0 saturated heterocycles. The number of nitrogens with two attached hydrogens (primary N) is 1. The molecule has 1 amide bonds. The summed E-state index contributed by atoms with van der Waals surface area (Å²) in [5.74, 6) is -0.462. The third-order valence-electron chi connectivity index (χ3n) is 3.48. The molecule has 22 heavy (non-hydrogen) atoms. The molecule has 6 heteroatoms. The van der Waals surface area contributed by atoms with Crippen LogP contribution in [0.1, 0.15) is 24.0 Å². The lowest BCUT2D eigenvalue weighted by atomic mass is 10.0. The number of amides is 1. The summed E-state index contributed by atoms with van der Waals surface area (Å²) in [6.45, 7) is 3.54. The average molecular weight is 318 g/mol. The molecule has 0 bridgehead atoms. The second kappa shape index (κ2) is 6.29. The van der Waals surface area contributed by atoms with Crippen LogP contribution < -0.4 is 10.5 Å². The maximum absolute atomic E-state index is 12.3. The van der Waals surface area contributed by atoms with Crippen LogP contribution in [0.3, 0.4) is 0 Å². The van der Waals surface area contributed by atoms with E-state index in [-0.39, 0.29) is 16.7 Å². The highest BCUT2D eigenvalue weighted by Gasteiger charge is 2.16. The fraction of sp³-hybridized carbons (Fsp3) is 0.188. The van der Waals surface area contributed by atoms with E-state index in [1.165, 1.54) is 12.1 Å². The first-order valence-corrected chi connectivity index (χ1v) is 8.33. The number of hydrogen-bond donors (Lipinski definition) is 2. The Morgan fingerprint density at radius 3 is 2.32 bits per heavy atom. The van der Waals surface area contributed by atoms with E-state index in [4.69, 9.17) is 5.14 Å². The molecule has 0 spiro atoms. The van der Waals surface area contributed by atoms with Crippen molar-refractivity contribution in [1.29, 1.82) is 0 Å². The Kier molecular flexibility index (Phi) is 4.63. The molecule has 3 N–H and O–H groups in total. The van der Waals surface area contributed by atoms with E-state index in [1.54, 1.807) is 13.0 Å². The highest BCUT2D eigenvalue weighted by atomic mass is 32.2. The van der Waals surface area contributed by atoms with Gasteiger partial charge >= 0.3 is 0 Å². The Hall–Kier alpha value is -2.18. The summed E-state index contributed by atoms with van der Waals surface area (Å²) in [5, 5.41) is 7.90. The van der Waals surface area contributed by atoms with Gasteiger partial charge in [-0.3, -0.25) is 4.79 Å². The van der Waals surface area contributed by atoms with Crippen molar-refractivity contribution in [2.45, 2.75) is 24.7 Å². The van der Waals surface area contributed by atoms with E-state index in [0.29, 0.717) is 11.3 Å². The molecule has 2 aromatic rings. The molecular formula is C16H18N2O3S. The first-order valence-electron chi connectivity index (χ1n) is 6.78. The van der Waals surface area contributed by atoms with Gasteiger partial charge in [0, 0.05) is 5.69 Å². The Morgan fingerprint density at radius 1 is 1.14 bits per heavy atom. The standard InChI is InChI=1S/C16H18N2O3S/c1-11-10-14(22(17,20)21)8-9-15(11)18-16(19)12(2)13-6-4-3-5-7-13/h3-10,12H,1-2H3,(H,18,19)(H2,17,20,21). The van der Waals surface area contributed by atoms with Gasteiger partial charge in [0.05, 0.1) is 10.8 Å². The lowest BCUT2D eigenvalue weighted by molar-refractivity contribution is -0.117. The SMILES string of the molecule is Cc1cc(S(N)(=O)=O)ccc1NC(=O)C(C)c1ccccc1. The Labute approximate surface area is 130 Å². The number of hydrogen-bond acceptors (Lipinski definition) is 3. The van der Waals surface area contributed by atoms with Gasteiger partial charge in [0.1, 0.15) is 0 Å². The van der Waals surface area contributed by atoms with Crippen molar-refractivity contribution in [2.75, 3.05) is 5.32 Å². The summed E-state index contributed by atoms with van der Waals surface area (Å²) in [6, 6.07) is 13.8. The summed E-state index contributed by atoms with van der Waals surface area (Å²) < 4.78 is 22.6. The van der Waals surface area contributed by atoms with Crippen LogP contribution in [0.5, 0.6) is 0 Å². The zero-order chi connectivity index (χ0) is 16.3. The summed E-state index contributed by atoms with van der Waals surface area (Å²) in [7, 11) is -3.74. The minimum absolute atomic E-state index is 0.0270. The van der Waals surface area contributed by atoms with Crippen LogP contribution in [0.25, 0.3) is 0 Å². The maximum Gasteiger partial charge on any atom is 0.238 e. The summed E-state index contributed by atoms with van der Waals surface area (Å²) in [4.78, 5) is 12.3. The molecule has 0 aliphatic heterocycles. The second-order valence-electron chi connectivity index (χ2n) is 5.14. The number of carbonyl (C=O) groups is 1. The topological polar surface area (TPSA) is 89.3 Å².